The molecule has 0 N–H and O–H groups in total. The molecule has 1 aliphatic heterocycles. The Hall–Kier alpha value is -3.04. The van der Waals surface area contributed by atoms with Gasteiger partial charge in [0.2, 0.25) is 0 Å². The minimum absolute atomic E-state index is 0.0137. The van der Waals surface area contributed by atoms with E-state index in [1.165, 1.54) is 24.3 Å². The average molecular weight is 372 g/mol. The molecule has 0 atom stereocenters. The van der Waals surface area contributed by atoms with Crippen molar-refractivity contribution in [2.24, 2.45) is 0 Å². The van der Waals surface area contributed by atoms with Gasteiger partial charge >= 0.3 is 13.2 Å². The number of hydrogen-bond donors (Lipinski definition) is 0. The van der Waals surface area contributed by atoms with Crippen LogP contribution in [0.5, 0.6) is 11.5 Å². The monoisotopic (exact) mass is 372 g/mol. The van der Waals surface area contributed by atoms with Crippen LogP contribution in [0.3, 0.4) is 0 Å². The van der Waals surface area contributed by atoms with Crippen LogP contribution in [0, 0.1) is 10.4 Å². The molecule has 10 heteroatoms. The molecule has 0 bridgehead atoms. The molecule has 0 unspecified atom stereocenters. The number of alkyl halides is 4. The minimum atomic E-state index is -3.03. The summed E-state index contributed by atoms with van der Waals surface area (Å²) >= 11 is 0. The Bertz CT molecular complexity index is 789. The Balaban J connectivity index is 2.03. The third-order valence-electron chi connectivity index (χ3n) is 3.79. The number of halogens is 4. The molecule has 0 saturated heterocycles. The quantitative estimate of drug-likeness (QED) is 0.452. The van der Waals surface area contributed by atoms with Crippen LogP contribution in [0.2, 0.25) is 0 Å². The smallest absolute Gasteiger partial charge is 0.387 e. The minimum Gasteiger partial charge on any atom is -0.561 e. The lowest BCUT2D eigenvalue weighted by Gasteiger charge is -2.15. The molecule has 0 aliphatic carbocycles. The molecule has 138 valence electrons. The van der Waals surface area contributed by atoms with Crippen LogP contribution in [0.4, 0.5) is 28.9 Å². The molecule has 0 fully saturated rings. The van der Waals surface area contributed by atoms with Crippen molar-refractivity contribution in [1.82, 2.24) is 0 Å². The molecule has 2 aromatic carbocycles. The SMILES string of the molecule is [O-]/[N+]1=[N+](\[O-])c2ccc(OC(F)F)cc2CCc2cc(OC(F)F)ccc21. The maximum atomic E-state index is 12.4. The summed E-state index contributed by atoms with van der Waals surface area (Å²) in [6.45, 7) is -6.06. The number of fused-ring (bicyclic) bond motifs is 2. The highest BCUT2D eigenvalue weighted by molar-refractivity contribution is 5.49. The van der Waals surface area contributed by atoms with Crippen molar-refractivity contribution in [2.75, 3.05) is 0 Å². The largest absolute Gasteiger partial charge is 0.561 e. The molecular formula is C16H12F4N2O4. The fraction of sp³-hybridized carbons (Fsp3) is 0.250. The lowest BCUT2D eigenvalue weighted by Crippen LogP contribution is -2.15. The van der Waals surface area contributed by atoms with Crippen molar-refractivity contribution in [3.8, 4) is 11.5 Å². The van der Waals surface area contributed by atoms with Gasteiger partial charge in [-0.15, -0.1) is 0 Å². The van der Waals surface area contributed by atoms with E-state index in [1.807, 2.05) is 0 Å². The molecule has 1 heterocycles. The van der Waals surface area contributed by atoms with Gasteiger partial charge in [0.05, 0.1) is 9.72 Å². The molecule has 0 spiro atoms. The standard InChI is InChI=1S/C16H12F4N2O4/c17-15(18)25-11-3-5-13-9(7-11)1-2-10-8-12(26-16(19)20)4-6-14(10)22(24)21(13)23/h3-8,15-16H,1-2H2/b22-21-. The molecule has 26 heavy (non-hydrogen) atoms. The molecule has 1 aliphatic rings. The first-order valence-corrected chi connectivity index (χ1v) is 7.45. The van der Waals surface area contributed by atoms with E-state index in [1.54, 1.807) is 0 Å². The molecule has 6 nitrogen and oxygen atoms in total. The highest BCUT2D eigenvalue weighted by atomic mass is 19.3. The summed E-state index contributed by atoms with van der Waals surface area (Å²) in [7, 11) is 0. The number of hydrogen-bond acceptors (Lipinski definition) is 4. The van der Waals surface area contributed by atoms with Crippen LogP contribution in [0.25, 0.3) is 0 Å². The van der Waals surface area contributed by atoms with Crippen molar-refractivity contribution >= 4 is 11.4 Å². The topological polar surface area (TPSA) is 70.6 Å². The van der Waals surface area contributed by atoms with E-state index in [2.05, 4.69) is 9.47 Å². The number of ether oxygens (including phenoxy) is 2. The second-order valence-electron chi connectivity index (χ2n) is 5.38. The summed E-state index contributed by atoms with van der Waals surface area (Å²) in [5.74, 6) is -0.305. The van der Waals surface area contributed by atoms with E-state index in [0.29, 0.717) is 11.1 Å². The van der Waals surface area contributed by atoms with Crippen molar-refractivity contribution in [1.29, 1.82) is 0 Å². The van der Waals surface area contributed by atoms with E-state index < -0.39 is 13.2 Å². The Morgan fingerprint density at radius 3 is 1.46 bits per heavy atom. The molecule has 0 aromatic heterocycles. The Morgan fingerprint density at radius 1 is 0.731 bits per heavy atom. The predicted molar refractivity (Wildman–Crippen MR) is 80.1 cm³/mol. The average Bonchev–Trinajstić information content (AvgIpc) is 2.57. The zero-order valence-corrected chi connectivity index (χ0v) is 13.1. The van der Waals surface area contributed by atoms with E-state index in [-0.39, 0.29) is 45.4 Å². The van der Waals surface area contributed by atoms with Gasteiger partial charge in [-0.1, -0.05) is 0 Å². The second kappa shape index (κ2) is 7.06. The molecule has 2 aromatic rings. The molecule has 3 rings (SSSR count). The maximum absolute atomic E-state index is 12.4. The predicted octanol–water partition coefficient (Wildman–Crippen LogP) is 4.42. The summed E-state index contributed by atoms with van der Waals surface area (Å²) in [6.07, 6.45) is 0.404. The van der Waals surface area contributed by atoms with Gasteiger partial charge in [0.15, 0.2) is 0 Å². The lowest BCUT2D eigenvalue weighted by atomic mass is 10.0. The summed E-state index contributed by atoms with van der Waals surface area (Å²) in [5, 5.41) is 24.7. The fourth-order valence-corrected chi connectivity index (χ4v) is 2.71. The molecule has 0 saturated carbocycles. The van der Waals surface area contributed by atoms with Crippen LogP contribution in [0.1, 0.15) is 11.1 Å². The Labute approximate surface area is 144 Å². The zero-order chi connectivity index (χ0) is 18.8. The highest BCUT2D eigenvalue weighted by Crippen LogP contribution is 2.33. The number of azo groups is 1. The van der Waals surface area contributed by atoms with E-state index >= 15 is 0 Å². The number of nitrogens with zero attached hydrogens (tertiary/aromatic N) is 2. The Morgan fingerprint density at radius 2 is 1.12 bits per heavy atom. The third-order valence-corrected chi connectivity index (χ3v) is 3.79. The fourth-order valence-electron chi connectivity index (χ4n) is 2.71. The second-order valence-corrected chi connectivity index (χ2v) is 5.38. The number of rotatable bonds is 4. The first-order valence-electron chi connectivity index (χ1n) is 7.45. The Kier molecular flexibility index (Phi) is 4.83. The highest BCUT2D eigenvalue weighted by Gasteiger charge is 2.27. The lowest BCUT2D eigenvalue weighted by molar-refractivity contribution is -0.897. The van der Waals surface area contributed by atoms with Crippen LogP contribution in [-0.2, 0) is 12.8 Å². The van der Waals surface area contributed by atoms with Gasteiger partial charge in [-0.2, -0.15) is 17.6 Å². The van der Waals surface area contributed by atoms with Crippen LogP contribution in [-0.4, -0.2) is 22.9 Å². The van der Waals surface area contributed by atoms with Crippen LogP contribution in [0.15, 0.2) is 36.4 Å². The summed E-state index contributed by atoms with van der Waals surface area (Å²) in [6, 6.07) is 7.22. The van der Waals surface area contributed by atoms with Crippen molar-refractivity contribution in [2.45, 2.75) is 26.1 Å². The van der Waals surface area contributed by atoms with Gasteiger partial charge < -0.3 is 19.9 Å². The molecule has 0 amide bonds. The van der Waals surface area contributed by atoms with Gasteiger partial charge in [0, 0.05) is 23.3 Å². The summed E-state index contributed by atoms with van der Waals surface area (Å²) < 4.78 is 58.0. The van der Waals surface area contributed by atoms with Crippen molar-refractivity contribution in [3.05, 3.63) is 57.9 Å². The van der Waals surface area contributed by atoms with E-state index in [4.69, 9.17) is 0 Å². The number of aryl methyl sites for hydroxylation is 2. The van der Waals surface area contributed by atoms with Gasteiger partial charge in [-0.05, 0) is 37.1 Å². The first-order chi connectivity index (χ1) is 12.3. The van der Waals surface area contributed by atoms with Gasteiger partial charge in [0.1, 0.15) is 11.5 Å². The van der Waals surface area contributed by atoms with Gasteiger partial charge in [-0.3, -0.25) is 0 Å². The van der Waals surface area contributed by atoms with Crippen molar-refractivity contribution in [3.63, 3.8) is 0 Å². The van der Waals surface area contributed by atoms with Crippen LogP contribution >= 0.6 is 0 Å². The van der Waals surface area contributed by atoms with E-state index in [0.717, 1.165) is 12.1 Å². The molecule has 0 radical (unpaired) electrons. The summed E-state index contributed by atoms with van der Waals surface area (Å²) in [4.78, 5) is 0.125. The van der Waals surface area contributed by atoms with E-state index in [9.17, 15) is 28.0 Å². The maximum Gasteiger partial charge on any atom is 0.387 e. The van der Waals surface area contributed by atoms with Crippen LogP contribution < -0.4 is 9.47 Å². The summed E-state index contributed by atoms with van der Waals surface area (Å²) in [5.41, 5.74) is 0.593. The number of benzene rings is 2. The van der Waals surface area contributed by atoms with Gasteiger partial charge in [0.25, 0.3) is 11.4 Å². The van der Waals surface area contributed by atoms with Gasteiger partial charge in [-0.25, -0.2) is 0 Å². The third kappa shape index (κ3) is 3.63. The molecular weight excluding hydrogens is 360 g/mol. The first kappa shape index (κ1) is 17.8. The normalized spacial score (nSPS) is 16.7. The zero-order valence-electron chi connectivity index (χ0n) is 13.1. The van der Waals surface area contributed by atoms with Crippen molar-refractivity contribution < 1.29 is 36.8 Å².